The van der Waals surface area contributed by atoms with E-state index in [0.29, 0.717) is 6.54 Å². The number of halogens is 1. The number of guanidine groups is 1. The number of aliphatic hydroxyl groups is 1. The molecule has 26 heavy (non-hydrogen) atoms. The van der Waals surface area contributed by atoms with E-state index in [1.807, 2.05) is 19.3 Å². The number of nitrogens with zero attached hydrogens (tertiary/aromatic N) is 3. The van der Waals surface area contributed by atoms with Crippen LogP contribution in [0.3, 0.4) is 0 Å². The van der Waals surface area contributed by atoms with Crippen LogP contribution in [0.1, 0.15) is 65.1 Å². The largest absolute Gasteiger partial charge is 0.388 e. The Bertz CT molecular complexity index is 498. The first-order chi connectivity index (χ1) is 12.0. The Labute approximate surface area is 176 Å². The second kappa shape index (κ2) is 14.3. The van der Waals surface area contributed by atoms with Gasteiger partial charge in [0.2, 0.25) is 0 Å². The molecule has 0 unspecified atom stereocenters. The van der Waals surface area contributed by atoms with Crippen molar-refractivity contribution in [2.45, 2.75) is 78.4 Å². The van der Waals surface area contributed by atoms with Gasteiger partial charge in [0.15, 0.2) is 5.96 Å². The van der Waals surface area contributed by atoms with E-state index in [2.05, 4.69) is 45.9 Å². The first kappa shape index (κ1) is 25.2. The summed E-state index contributed by atoms with van der Waals surface area (Å²) in [5, 5.41) is 17.3. The highest BCUT2D eigenvalue weighted by Crippen LogP contribution is 2.19. The highest BCUT2D eigenvalue weighted by molar-refractivity contribution is 14.0. The molecule has 0 atom stereocenters. The highest BCUT2D eigenvalue weighted by atomic mass is 127. The van der Waals surface area contributed by atoms with E-state index < -0.39 is 5.60 Å². The lowest BCUT2D eigenvalue weighted by Gasteiger charge is -2.26. The van der Waals surface area contributed by atoms with Gasteiger partial charge in [0.05, 0.1) is 12.1 Å². The Kier molecular flexibility index (Phi) is 13.8. The Morgan fingerprint density at radius 2 is 1.88 bits per heavy atom. The van der Waals surface area contributed by atoms with E-state index in [-0.39, 0.29) is 24.0 Å². The predicted octanol–water partition coefficient (Wildman–Crippen LogP) is 3.48. The van der Waals surface area contributed by atoms with Crippen LogP contribution >= 0.6 is 24.0 Å². The molecule has 0 radical (unpaired) electrons. The Morgan fingerprint density at radius 1 is 1.19 bits per heavy atom. The van der Waals surface area contributed by atoms with E-state index in [4.69, 9.17) is 0 Å². The first-order valence-electron chi connectivity index (χ1n) is 9.77. The van der Waals surface area contributed by atoms with Crippen LogP contribution < -0.4 is 10.6 Å². The number of aryl methyl sites for hydroxylation is 2. The fourth-order valence-corrected chi connectivity index (χ4v) is 3.04. The van der Waals surface area contributed by atoms with E-state index in [9.17, 15) is 5.11 Å². The fraction of sp³-hybridized carbons (Fsp3) is 0.789. The number of aliphatic imine (C=N–C) groups is 1. The summed E-state index contributed by atoms with van der Waals surface area (Å²) >= 11 is 0. The molecule has 0 spiro atoms. The number of hydrogen-bond acceptors (Lipinski definition) is 3. The topological polar surface area (TPSA) is 74.5 Å². The van der Waals surface area contributed by atoms with Crippen LogP contribution in [0, 0.1) is 6.92 Å². The molecular formula is C19H38IN5O. The summed E-state index contributed by atoms with van der Waals surface area (Å²) in [6.07, 6.45) is 9.58. The van der Waals surface area contributed by atoms with Gasteiger partial charge in [-0.1, -0.05) is 26.7 Å². The molecule has 0 aliphatic heterocycles. The van der Waals surface area contributed by atoms with Gasteiger partial charge < -0.3 is 20.3 Å². The monoisotopic (exact) mass is 479 g/mol. The zero-order chi connectivity index (χ0) is 18.5. The third-order valence-corrected chi connectivity index (χ3v) is 4.35. The summed E-state index contributed by atoms with van der Waals surface area (Å²) in [7, 11) is 0. The van der Waals surface area contributed by atoms with Crippen LogP contribution in [-0.4, -0.2) is 45.9 Å². The summed E-state index contributed by atoms with van der Waals surface area (Å²) in [6.45, 7) is 11.4. The van der Waals surface area contributed by atoms with Crippen LogP contribution in [-0.2, 0) is 6.54 Å². The van der Waals surface area contributed by atoms with Gasteiger partial charge in [0.25, 0.3) is 0 Å². The standard InChI is InChI=1S/C19H37N5O.HI/c1-5-10-19(25,11-6-2)16-23-18(20-7-3)22-12-8-9-14-24-15-13-21-17(24)4;/h13,15,25H,5-12,14,16H2,1-4H3,(H2,20,22,23);1H. The Balaban J connectivity index is 0.00000625. The molecule has 6 nitrogen and oxygen atoms in total. The van der Waals surface area contributed by atoms with E-state index >= 15 is 0 Å². The molecular weight excluding hydrogens is 441 g/mol. The van der Waals surface area contributed by atoms with E-state index in [1.54, 1.807) is 0 Å². The molecule has 0 amide bonds. The van der Waals surface area contributed by atoms with Crippen molar-refractivity contribution in [1.29, 1.82) is 0 Å². The van der Waals surface area contributed by atoms with E-state index in [1.165, 1.54) is 0 Å². The van der Waals surface area contributed by atoms with E-state index in [0.717, 1.165) is 69.9 Å². The van der Waals surface area contributed by atoms with Gasteiger partial charge >= 0.3 is 0 Å². The fourth-order valence-electron chi connectivity index (χ4n) is 3.04. The van der Waals surface area contributed by atoms with Crippen molar-refractivity contribution in [3.63, 3.8) is 0 Å². The molecule has 0 bridgehead atoms. The van der Waals surface area contributed by atoms with Crippen LogP contribution in [0.4, 0.5) is 0 Å². The normalized spacial score (nSPS) is 12.0. The van der Waals surface area contributed by atoms with Gasteiger partial charge in [-0.05, 0) is 39.5 Å². The van der Waals surface area contributed by atoms with Crippen molar-refractivity contribution in [3.05, 3.63) is 18.2 Å². The molecule has 152 valence electrons. The van der Waals surface area contributed by atoms with Crippen LogP contribution in [0.5, 0.6) is 0 Å². The number of nitrogens with one attached hydrogen (secondary N) is 2. The smallest absolute Gasteiger partial charge is 0.191 e. The summed E-state index contributed by atoms with van der Waals surface area (Å²) in [4.78, 5) is 8.85. The maximum absolute atomic E-state index is 10.7. The van der Waals surface area contributed by atoms with Crippen LogP contribution in [0.15, 0.2) is 17.4 Å². The summed E-state index contributed by atoms with van der Waals surface area (Å²) in [6, 6.07) is 0. The van der Waals surface area contributed by atoms with Gasteiger partial charge in [-0.2, -0.15) is 0 Å². The number of rotatable bonds is 12. The predicted molar refractivity (Wildman–Crippen MR) is 120 cm³/mol. The first-order valence-corrected chi connectivity index (χ1v) is 9.77. The van der Waals surface area contributed by atoms with Gasteiger partial charge in [0, 0.05) is 32.0 Å². The molecule has 1 rings (SSSR count). The van der Waals surface area contributed by atoms with Gasteiger partial charge in [0.1, 0.15) is 5.82 Å². The highest BCUT2D eigenvalue weighted by Gasteiger charge is 2.24. The lowest BCUT2D eigenvalue weighted by Crippen LogP contribution is -2.40. The maximum Gasteiger partial charge on any atom is 0.191 e. The van der Waals surface area contributed by atoms with Gasteiger partial charge in [-0.3, -0.25) is 4.99 Å². The second-order valence-corrected chi connectivity index (χ2v) is 6.72. The summed E-state index contributed by atoms with van der Waals surface area (Å²) < 4.78 is 2.18. The van der Waals surface area contributed by atoms with Crippen molar-refractivity contribution in [1.82, 2.24) is 20.2 Å². The molecule has 0 aliphatic rings. The Hall–Kier alpha value is -0.830. The average molecular weight is 479 g/mol. The van der Waals surface area contributed by atoms with Crippen molar-refractivity contribution in [3.8, 4) is 0 Å². The molecule has 0 saturated carbocycles. The summed E-state index contributed by atoms with van der Waals surface area (Å²) in [5.74, 6) is 1.86. The van der Waals surface area contributed by atoms with Gasteiger partial charge in [-0.15, -0.1) is 24.0 Å². The van der Waals surface area contributed by atoms with Crippen molar-refractivity contribution in [2.24, 2.45) is 4.99 Å². The maximum atomic E-state index is 10.7. The molecule has 7 heteroatoms. The van der Waals surface area contributed by atoms with Crippen LogP contribution in [0.2, 0.25) is 0 Å². The van der Waals surface area contributed by atoms with Crippen molar-refractivity contribution < 1.29 is 5.11 Å². The molecule has 3 N–H and O–H groups in total. The minimum atomic E-state index is -0.676. The zero-order valence-corrected chi connectivity index (χ0v) is 19.3. The third-order valence-electron chi connectivity index (χ3n) is 4.35. The SMILES string of the molecule is CCCC(O)(CCC)CN=C(NCC)NCCCCn1ccnc1C.I. The molecule has 0 aliphatic carbocycles. The number of hydrogen-bond donors (Lipinski definition) is 3. The molecule has 1 heterocycles. The number of imidazole rings is 1. The van der Waals surface area contributed by atoms with Crippen LogP contribution in [0.25, 0.3) is 0 Å². The van der Waals surface area contributed by atoms with Gasteiger partial charge in [-0.25, -0.2) is 4.98 Å². The summed E-state index contributed by atoms with van der Waals surface area (Å²) in [5.41, 5.74) is -0.676. The van der Waals surface area contributed by atoms with Crippen molar-refractivity contribution in [2.75, 3.05) is 19.6 Å². The minimum absolute atomic E-state index is 0. The number of aromatic nitrogens is 2. The molecule has 0 aromatic carbocycles. The Morgan fingerprint density at radius 3 is 2.42 bits per heavy atom. The molecule has 0 saturated heterocycles. The molecule has 0 fully saturated rings. The lowest BCUT2D eigenvalue weighted by molar-refractivity contribution is 0.0306. The third kappa shape index (κ3) is 9.75. The lowest BCUT2D eigenvalue weighted by atomic mass is 9.93. The number of unbranched alkanes of at least 4 members (excludes halogenated alkanes) is 1. The van der Waals surface area contributed by atoms with Crippen molar-refractivity contribution >= 4 is 29.9 Å². The minimum Gasteiger partial charge on any atom is -0.388 e. The molecule has 1 aromatic heterocycles. The average Bonchev–Trinajstić information content (AvgIpc) is 2.98. The second-order valence-electron chi connectivity index (χ2n) is 6.72. The quantitative estimate of drug-likeness (QED) is 0.186. The molecule has 1 aromatic rings. The zero-order valence-electron chi connectivity index (χ0n) is 16.9.